The maximum atomic E-state index is 11.3. The average Bonchev–Trinajstić information content (AvgIpc) is 2.86. The molecule has 1 aliphatic rings. The number of nitrogens with one attached hydrogen (secondary N) is 1. The molecule has 3 rings (SSSR count). The molecule has 1 aromatic heterocycles. The Bertz CT molecular complexity index is 740. The number of ether oxygens (including phenoxy) is 1. The second kappa shape index (κ2) is 6.53. The predicted octanol–water partition coefficient (Wildman–Crippen LogP) is 2.65. The molecule has 2 heterocycles. The topological polar surface area (TPSA) is 76.4 Å². The van der Waals surface area contributed by atoms with Crippen molar-refractivity contribution in [2.75, 3.05) is 18.5 Å². The maximum Gasteiger partial charge on any atom is 0.221 e. The van der Waals surface area contributed by atoms with Gasteiger partial charge in [-0.1, -0.05) is 0 Å². The zero-order valence-electron chi connectivity index (χ0n) is 14.5. The molecular weight excluding hydrogens is 306 g/mol. The molecule has 0 aliphatic carbocycles. The molecule has 1 amide bonds. The van der Waals surface area contributed by atoms with Gasteiger partial charge in [0.2, 0.25) is 5.91 Å². The fourth-order valence-corrected chi connectivity index (χ4v) is 3.25. The highest BCUT2D eigenvalue weighted by Gasteiger charge is 2.27. The minimum atomic E-state index is -1.03. The van der Waals surface area contributed by atoms with Gasteiger partial charge in [-0.25, -0.2) is 4.98 Å². The van der Waals surface area contributed by atoms with Crippen molar-refractivity contribution in [2.24, 2.45) is 5.92 Å². The number of carbonyl (C=O) groups excluding carboxylic acids is 1. The van der Waals surface area contributed by atoms with E-state index in [2.05, 4.69) is 14.9 Å². The Labute approximate surface area is 141 Å². The molecule has 2 N–H and O–H groups in total. The molecule has 0 saturated carbocycles. The van der Waals surface area contributed by atoms with Crippen molar-refractivity contribution in [3.05, 3.63) is 24.0 Å². The van der Waals surface area contributed by atoms with E-state index < -0.39 is 5.60 Å². The molecule has 1 saturated heterocycles. The SMILES string of the molecule is CC(=O)Nc1ccc2c(c1)nc(C(C)(C)O)n2CC1CCOCC1. The number of hydrogen-bond donors (Lipinski definition) is 2. The van der Waals surface area contributed by atoms with Crippen molar-refractivity contribution in [3.63, 3.8) is 0 Å². The number of anilines is 1. The van der Waals surface area contributed by atoms with E-state index in [9.17, 15) is 9.90 Å². The summed E-state index contributed by atoms with van der Waals surface area (Å²) >= 11 is 0. The summed E-state index contributed by atoms with van der Waals surface area (Å²) in [6, 6.07) is 5.69. The first-order chi connectivity index (χ1) is 11.3. The highest BCUT2D eigenvalue weighted by atomic mass is 16.5. The molecule has 1 aliphatic heterocycles. The third-order valence-corrected chi connectivity index (χ3v) is 4.40. The lowest BCUT2D eigenvalue weighted by atomic mass is 9.99. The van der Waals surface area contributed by atoms with Crippen molar-refractivity contribution in [1.29, 1.82) is 0 Å². The van der Waals surface area contributed by atoms with Gasteiger partial charge < -0.3 is 19.7 Å². The van der Waals surface area contributed by atoms with Crippen molar-refractivity contribution in [1.82, 2.24) is 9.55 Å². The number of carbonyl (C=O) groups is 1. The largest absolute Gasteiger partial charge is 0.383 e. The van der Waals surface area contributed by atoms with Crippen LogP contribution in [0.2, 0.25) is 0 Å². The van der Waals surface area contributed by atoms with E-state index in [1.165, 1.54) is 6.92 Å². The maximum absolute atomic E-state index is 11.3. The summed E-state index contributed by atoms with van der Waals surface area (Å²) in [5.74, 6) is 1.06. The van der Waals surface area contributed by atoms with Gasteiger partial charge >= 0.3 is 0 Å². The summed E-state index contributed by atoms with van der Waals surface area (Å²) < 4.78 is 7.56. The van der Waals surface area contributed by atoms with Crippen LogP contribution in [0.3, 0.4) is 0 Å². The van der Waals surface area contributed by atoms with Crippen molar-refractivity contribution in [2.45, 2.75) is 45.8 Å². The molecular formula is C18H25N3O3. The van der Waals surface area contributed by atoms with Crippen LogP contribution in [0.15, 0.2) is 18.2 Å². The summed E-state index contributed by atoms with van der Waals surface area (Å²) in [5.41, 5.74) is 1.45. The molecule has 1 aromatic carbocycles. The van der Waals surface area contributed by atoms with Crippen LogP contribution in [0, 0.1) is 5.92 Å². The second-order valence-corrected chi connectivity index (χ2v) is 7.05. The van der Waals surface area contributed by atoms with E-state index in [4.69, 9.17) is 4.74 Å². The number of hydrogen-bond acceptors (Lipinski definition) is 4. The Morgan fingerprint density at radius 1 is 1.42 bits per heavy atom. The number of rotatable bonds is 4. The number of imidazole rings is 1. The fraction of sp³-hybridized carbons (Fsp3) is 0.556. The van der Waals surface area contributed by atoms with Crippen LogP contribution in [0.5, 0.6) is 0 Å². The van der Waals surface area contributed by atoms with Crippen molar-refractivity contribution in [3.8, 4) is 0 Å². The smallest absolute Gasteiger partial charge is 0.221 e. The molecule has 0 radical (unpaired) electrons. The van der Waals surface area contributed by atoms with Gasteiger partial charge in [0.25, 0.3) is 0 Å². The van der Waals surface area contributed by atoms with Gasteiger partial charge in [0.15, 0.2) is 0 Å². The van der Waals surface area contributed by atoms with E-state index in [0.717, 1.165) is 43.6 Å². The molecule has 0 bridgehead atoms. The molecule has 2 aromatic rings. The first-order valence-corrected chi connectivity index (χ1v) is 8.43. The van der Waals surface area contributed by atoms with Crippen LogP contribution < -0.4 is 5.32 Å². The Morgan fingerprint density at radius 3 is 2.75 bits per heavy atom. The van der Waals surface area contributed by atoms with Crippen LogP contribution >= 0.6 is 0 Å². The highest BCUT2D eigenvalue weighted by Crippen LogP contribution is 2.29. The van der Waals surface area contributed by atoms with Gasteiger partial charge in [-0.3, -0.25) is 4.79 Å². The highest BCUT2D eigenvalue weighted by molar-refractivity contribution is 5.91. The summed E-state index contributed by atoms with van der Waals surface area (Å²) in [6.45, 7) is 7.39. The van der Waals surface area contributed by atoms with Crippen molar-refractivity contribution >= 4 is 22.6 Å². The number of aliphatic hydroxyl groups is 1. The first-order valence-electron chi connectivity index (χ1n) is 8.43. The van der Waals surface area contributed by atoms with Crippen LogP contribution in [-0.4, -0.2) is 33.8 Å². The van der Waals surface area contributed by atoms with Gasteiger partial charge in [-0.15, -0.1) is 0 Å². The van der Waals surface area contributed by atoms with E-state index in [1.807, 2.05) is 18.2 Å². The lowest BCUT2D eigenvalue weighted by molar-refractivity contribution is -0.114. The second-order valence-electron chi connectivity index (χ2n) is 7.05. The lowest BCUT2D eigenvalue weighted by Crippen LogP contribution is -2.26. The summed E-state index contributed by atoms with van der Waals surface area (Å²) in [6.07, 6.45) is 2.05. The third-order valence-electron chi connectivity index (χ3n) is 4.40. The minimum absolute atomic E-state index is 0.112. The number of fused-ring (bicyclic) bond motifs is 1. The van der Waals surface area contributed by atoms with Crippen molar-refractivity contribution < 1.29 is 14.6 Å². The van der Waals surface area contributed by atoms with Gasteiger partial charge in [0, 0.05) is 32.4 Å². The predicted molar refractivity (Wildman–Crippen MR) is 92.8 cm³/mol. The quantitative estimate of drug-likeness (QED) is 0.903. The molecule has 0 spiro atoms. The number of amides is 1. The zero-order chi connectivity index (χ0) is 17.3. The minimum Gasteiger partial charge on any atom is -0.383 e. The summed E-state index contributed by atoms with van der Waals surface area (Å²) in [4.78, 5) is 15.9. The normalized spacial score (nSPS) is 16.5. The van der Waals surface area contributed by atoms with E-state index in [1.54, 1.807) is 13.8 Å². The molecule has 0 atom stereocenters. The Hall–Kier alpha value is -1.92. The molecule has 0 unspecified atom stereocenters. The first kappa shape index (κ1) is 16.9. The zero-order valence-corrected chi connectivity index (χ0v) is 14.5. The Balaban J connectivity index is 2.01. The summed E-state index contributed by atoms with van der Waals surface area (Å²) in [5, 5.41) is 13.3. The summed E-state index contributed by atoms with van der Waals surface area (Å²) in [7, 11) is 0. The van der Waals surface area contributed by atoms with Crippen LogP contribution in [0.4, 0.5) is 5.69 Å². The van der Waals surface area contributed by atoms with Crippen LogP contribution in [-0.2, 0) is 21.7 Å². The number of aromatic nitrogens is 2. The fourth-order valence-electron chi connectivity index (χ4n) is 3.25. The number of benzene rings is 1. The van der Waals surface area contributed by atoms with E-state index in [0.29, 0.717) is 17.4 Å². The van der Waals surface area contributed by atoms with Gasteiger partial charge in [0.05, 0.1) is 11.0 Å². The Morgan fingerprint density at radius 2 is 2.12 bits per heavy atom. The van der Waals surface area contributed by atoms with Crippen LogP contribution in [0.25, 0.3) is 11.0 Å². The molecule has 6 nitrogen and oxygen atoms in total. The van der Waals surface area contributed by atoms with Crippen LogP contribution in [0.1, 0.15) is 39.4 Å². The standard InChI is InChI=1S/C18H25N3O3/c1-12(22)19-14-4-5-16-15(10-14)20-17(18(2,3)23)21(16)11-13-6-8-24-9-7-13/h4-5,10,13,23H,6-9,11H2,1-3H3,(H,19,22). The molecule has 130 valence electrons. The van der Waals surface area contributed by atoms with Gasteiger partial charge in [-0.2, -0.15) is 0 Å². The molecule has 6 heteroatoms. The van der Waals surface area contributed by atoms with Gasteiger partial charge in [-0.05, 0) is 50.8 Å². The average molecular weight is 331 g/mol. The lowest BCUT2D eigenvalue weighted by Gasteiger charge is -2.26. The van der Waals surface area contributed by atoms with E-state index >= 15 is 0 Å². The molecule has 1 fully saturated rings. The third kappa shape index (κ3) is 3.60. The monoisotopic (exact) mass is 331 g/mol. The van der Waals surface area contributed by atoms with Gasteiger partial charge in [0.1, 0.15) is 11.4 Å². The Kier molecular flexibility index (Phi) is 4.60. The molecule has 24 heavy (non-hydrogen) atoms. The van der Waals surface area contributed by atoms with E-state index in [-0.39, 0.29) is 5.91 Å². The number of nitrogens with zero attached hydrogens (tertiary/aromatic N) is 2.